The maximum atomic E-state index is 14.0. The van der Waals surface area contributed by atoms with Crippen molar-refractivity contribution in [1.82, 2.24) is 36.3 Å². The molecular weight excluding hydrogens is 1070 g/mol. The van der Waals surface area contributed by atoms with Crippen LogP contribution in [0.5, 0.6) is 0 Å². The summed E-state index contributed by atoms with van der Waals surface area (Å²) < 4.78 is 50.9. The van der Waals surface area contributed by atoms with Crippen LogP contribution in [0.1, 0.15) is 104 Å². The molecule has 0 bridgehead atoms. The van der Waals surface area contributed by atoms with E-state index in [1.807, 2.05) is 53.2 Å². The zero-order valence-electron chi connectivity index (χ0n) is 47.8. The highest BCUT2D eigenvalue weighted by Gasteiger charge is 2.29. The SMILES string of the molecule is CC(C)NCCOCCOCCOCCNC(=O)CCOCCOCCOCCOCCNC(=O)CCC(=O)N1Cc2ccccc2-c2c(nnn2CCCCCC(=O)NCCCCCCOP([O-])(=S)OC(C)C)-c2ccccc21. The minimum atomic E-state index is -3.43. The van der Waals surface area contributed by atoms with Gasteiger partial charge in [0.2, 0.25) is 23.6 Å². The van der Waals surface area contributed by atoms with Gasteiger partial charge in [0.1, 0.15) is 12.4 Å². The lowest BCUT2D eigenvalue weighted by Crippen LogP contribution is -2.34. The zero-order valence-corrected chi connectivity index (χ0v) is 49.5. The molecule has 3 aromatic rings. The summed E-state index contributed by atoms with van der Waals surface area (Å²) in [7, 11) is 0. The Labute approximate surface area is 478 Å². The molecule has 80 heavy (non-hydrogen) atoms. The number of hydrogen-bond donors (Lipinski definition) is 4. The molecule has 1 aliphatic rings. The number of unbranched alkanes of at least 4 members (excludes halogenated alkanes) is 5. The van der Waals surface area contributed by atoms with Gasteiger partial charge in [-0.2, -0.15) is 0 Å². The van der Waals surface area contributed by atoms with E-state index < -0.39 is 6.72 Å². The van der Waals surface area contributed by atoms with Crippen LogP contribution in [0.4, 0.5) is 5.69 Å². The predicted molar refractivity (Wildman–Crippen MR) is 307 cm³/mol. The van der Waals surface area contributed by atoms with Gasteiger partial charge in [0, 0.05) is 75.6 Å². The van der Waals surface area contributed by atoms with Crippen LogP contribution in [-0.4, -0.2) is 176 Å². The third-order valence-electron chi connectivity index (χ3n) is 12.2. The second-order valence-electron chi connectivity index (χ2n) is 19.5. The number of benzene rings is 2. The number of carbonyl (C=O) groups excluding carboxylic acids is 4. The normalized spacial score (nSPS) is 12.9. The zero-order chi connectivity index (χ0) is 57.5. The molecule has 4 rings (SSSR count). The fourth-order valence-corrected chi connectivity index (χ4v) is 9.90. The van der Waals surface area contributed by atoms with Crippen molar-refractivity contribution >= 4 is 47.8 Å². The summed E-state index contributed by atoms with van der Waals surface area (Å²) in [5.41, 5.74) is 4.89. The number of anilines is 1. The number of amides is 4. The van der Waals surface area contributed by atoms with Gasteiger partial charge in [0.25, 0.3) is 0 Å². The van der Waals surface area contributed by atoms with Crippen LogP contribution in [0.3, 0.4) is 0 Å². The van der Waals surface area contributed by atoms with E-state index in [9.17, 15) is 24.1 Å². The van der Waals surface area contributed by atoms with Crippen molar-refractivity contribution in [2.45, 2.75) is 124 Å². The maximum absolute atomic E-state index is 14.0. The second-order valence-corrected chi connectivity index (χ2v) is 22.2. The standard InChI is InChI=1S/C56H91N8O14PS/c1-45(2)57-25-31-71-35-39-75-40-36-73-33-27-60-53(67)23-30-70-34-38-74-42-43-76-41-37-72-32-26-59-52(66)21-22-54(68)63-44-47-16-9-10-17-48(47)56-55(49-18-11-12-19-50(49)63)61-62-64(56)28-14-7-8-20-51(65)58-24-13-5-6-15-29-77-79(69,80)78-46(3)4/h9-12,16-19,45-46,57H,5-8,13-15,20-44H2,1-4H3,(H,58,65)(H,59,66)(H,60,67)(H,69,80)/p-1. The Morgan fingerprint density at radius 2 is 1.10 bits per heavy atom. The first-order valence-electron chi connectivity index (χ1n) is 28.5. The van der Waals surface area contributed by atoms with Crippen LogP contribution in [-0.2, 0) is 86.3 Å². The fraction of sp³-hybridized carbons (Fsp3) is 0.679. The summed E-state index contributed by atoms with van der Waals surface area (Å²) >= 11 is 4.89. The van der Waals surface area contributed by atoms with Gasteiger partial charge in [-0.05, 0) is 51.2 Å². The van der Waals surface area contributed by atoms with Crippen molar-refractivity contribution in [1.29, 1.82) is 0 Å². The van der Waals surface area contributed by atoms with Crippen molar-refractivity contribution in [3.8, 4) is 22.5 Å². The number of aryl methyl sites for hydroxylation is 1. The number of hydrogen-bond acceptors (Lipinski definition) is 18. The number of aromatic nitrogens is 3. The summed E-state index contributed by atoms with van der Waals surface area (Å²) in [4.78, 5) is 65.2. The first-order chi connectivity index (χ1) is 38.8. The third kappa shape index (κ3) is 29.6. The molecule has 2 heterocycles. The van der Waals surface area contributed by atoms with E-state index in [2.05, 4.69) is 45.4 Å². The van der Waals surface area contributed by atoms with E-state index in [4.69, 9.17) is 54.0 Å². The molecule has 0 radical (unpaired) electrons. The van der Waals surface area contributed by atoms with Gasteiger partial charge >= 0.3 is 0 Å². The second kappa shape index (κ2) is 41.6. The van der Waals surface area contributed by atoms with E-state index in [-0.39, 0.29) is 55.6 Å². The summed E-state index contributed by atoms with van der Waals surface area (Å²) in [5.74, 6) is -0.511. The van der Waals surface area contributed by atoms with Crippen LogP contribution < -0.4 is 31.1 Å². The molecule has 0 saturated carbocycles. The average Bonchev–Trinajstić information content (AvgIpc) is 4.06. The molecule has 0 fully saturated rings. The third-order valence-corrected chi connectivity index (χ3v) is 13.9. The summed E-state index contributed by atoms with van der Waals surface area (Å²) in [6, 6.07) is 16.0. The van der Waals surface area contributed by atoms with Crippen molar-refractivity contribution < 1.29 is 66.3 Å². The lowest BCUT2D eigenvalue weighted by atomic mass is 9.95. The van der Waals surface area contributed by atoms with Crippen LogP contribution in [0.15, 0.2) is 48.5 Å². The number of fused-ring (bicyclic) bond motifs is 5. The Morgan fingerprint density at radius 1 is 0.575 bits per heavy atom. The monoisotopic (exact) mass is 1160 g/mol. The molecule has 1 unspecified atom stereocenters. The Bertz CT molecular complexity index is 2260. The Morgan fingerprint density at radius 3 is 1.74 bits per heavy atom. The first kappa shape index (κ1) is 68.2. The molecule has 24 heteroatoms. The first-order valence-corrected chi connectivity index (χ1v) is 31.0. The smallest absolute Gasteiger partial charge is 0.227 e. The number of ether oxygens (including phenoxy) is 7. The molecule has 1 atom stereocenters. The Hall–Kier alpha value is -4.33. The van der Waals surface area contributed by atoms with Gasteiger partial charge in [-0.25, -0.2) is 4.68 Å². The molecule has 0 spiro atoms. The minimum Gasteiger partial charge on any atom is -0.780 e. The molecule has 2 aromatic carbocycles. The average molecular weight is 1160 g/mol. The minimum absolute atomic E-state index is 0.01000. The summed E-state index contributed by atoms with van der Waals surface area (Å²) in [5, 5.41) is 21.2. The molecule has 450 valence electrons. The number of carbonyl (C=O) groups is 4. The van der Waals surface area contributed by atoms with E-state index in [1.165, 1.54) is 0 Å². The lowest BCUT2D eigenvalue weighted by Gasteiger charge is -2.29. The van der Waals surface area contributed by atoms with Crippen LogP contribution in [0, 0.1) is 0 Å². The van der Waals surface area contributed by atoms with E-state index in [0.29, 0.717) is 149 Å². The molecule has 4 N–H and O–H groups in total. The van der Waals surface area contributed by atoms with Gasteiger partial charge < -0.3 is 73.3 Å². The van der Waals surface area contributed by atoms with Crippen molar-refractivity contribution in [3.63, 3.8) is 0 Å². The molecule has 0 aliphatic carbocycles. The highest BCUT2D eigenvalue weighted by molar-refractivity contribution is 8.06. The predicted octanol–water partition coefficient (Wildman–Crippen LogP) is 5.24. The van der Waals surface area contributed by atoms with Gasteiger partial charge in [0.15, 0.2) is 0 Å². The van der Waals surface area contributed by atoms with E-state index >= 15 is 0 Å². The van der Waals surface area contributed by atoms with E-state index in [1.54, 1.807) is 18.7 Å². The number of nitrogens with one attached hydrogen (secondary N) is 4. The highest BCUT2D eigenvalue weighted by atomic mass is 32.5. The van der Waals surface area contributed by atoms with Gasteiger partial charge in [-0.1, -0.05) is 92.6 Å². The van der Waals surface area contributed by atoms with E-state index in [0.717, 1.165) is 73.9 Å². The molecule has 0 saturated heterocycles. The Balaban J connectivity index is 1.01. The van der Waals surface area contributed by atoms with Crippen LogP contribution in [0.2, 0.25) is 0 Å². The topological polar surface area (TPSA) is 256 Å². The largest absolute Gasteiger partial charge is 0.780 e. The lowest BCUT2D eigenvalue weighted by molar-refractivity contribution is -0.209. The highest BCUT2D eigenvalue weighted by Crippen LogP contribution is 2.42. The molecule has 4 amide bonds. The van der Waals surface area contributed by atoms with Crippen molar-refractivity contribution in [2.24, 2.45) is 0 Å². The summed E-state index contributed by atoms with van der Waals surface area (Å²) in [6.07, 6.45) is 6.19. The van der Waals surface area contributed by atoms with Crippen LogP contribution >= 0.6 is 6.72 Å². The van der Waals surface area contributed by atoms with Gasteiger partial charge in [-0.15, -0.1) is 5.10 Å². The van der Waals surface area contributed by atoms with Gasteiger partial charge in [-0.3, -0.25) is 19.2 Å². The summed E-state index contributed by atoms with van der Waals surface area (Å²) in [6.45, 7) is 13.5. The number of para-hydroxylation sites is 1. The molecule has 22 nitrogen and oxygen atoms in total. The van der Waals surface area contributed by atoms with Crippen molar-refractivity contribution in [2.75, 3.05) is 130 Å². The maximum Gasteiger partial charge on any atom is 0.227 e. The van der Waals surface area contributed by atoms with Gasteiger partial charge in [0.05, 0.1) is 123 Å². The van der Waals surface area contributed by atoms with Crippen molar-refractivity contribution in [3.05, 3.63) is 54.1 Å². The Kier molecular flexibility index (Phi) is 35.5. The molecule has 1 aliphatic heterocycles. The number of nitrogens with zero attached hydrogens (tertiary/aromatic N) is 4. The molecular formula is C56H90N8O14PS-. The number of rotatable bonds is 47. The fourth-order valence-electron chi connectivity index (χ4n) is 8.23. The quantitative estimate of drug-likeness (QED) is 0.0417. The van der Waals surface area contributed by atoms with Crippen LogP contribution in [0.25, 0.3) is 22.5 Å². The molecule has 1 aromatic heterocycles.